The quantitative estimate of drug-likeness (QED) is 0.804. The van der Waals surface area contributed by atoms with Crippen LogP contribution in [-0.4, -0.2) is 48.8 Å². The summed E-state index contributed by atoms with van der Waals surface area (Å²) >= 11 is 0. The Labute approximate surface area is 142 Å². The average molecular weight is 335 g/mol. The van der Waals surface area contributed by atoms with Crippen molar-refractivity contribution in [2.75, 3.05) is 6.61 Å². The minimum atomic E-state index is -0.815. The second kappa shape index (κ2) is 6.70. The number of epoxide rings is 1. The van der Waals surface area contributed by atoms with Crippen molar-refractivity contribution in [3.05, 3.63) is 35.9 Å². The van der Waals surface area contributed by atoms with Crippen LogP contribution in [0.2, 0.25) is 0 Å². The molecule has 2 N–H and O–H groups in total. The van der Waals surface area contributed by atoms with Gasteiger partial charge in [-0.15, -0.1) is 0 Å². The Hall–Kier alpha value is -1.63. The van der Waals surface area contributed by atoms with Crippen LogP contribution < -0.4 is 5.73 Å². The second-order valence-corrected chi connectivity index (χ2v) is 7.30. The molecule has 0 spiro atoms. The smallest absolute Gasteiger partial charge is 0.404 e. The maximum absolute atomic E-state index is 11.4. The molecule has 2 aliphatic rings. The molecular weight excluding hydrogens is 310 g/mol. The van der Waals surface area contributed by atoms with E-state index in [1.165, 1.54) is 0 Å². The predicted octanol–water partition coefficient (Wildman–Crippen LogP) is 2.04. The van der Waals surface area contributed by atoms with Gasteiger partial charge in [0.05, 0.1) is 12.2 Å². The Balaban J connectivity index is 1.82. The van der Waals surface area contributed by atoms with Crippen molar-refractivity contribution < 1.29 is 23.7 Å². The zero-order chi connectivity index (χ0) is 17.3. The van der Waals surface area contributed by atoms with Crippen LogP contribution in [0.3, 0.4) is 0 Å². The van der Waals surface area contributed by atoms with Gasteiger partial charge in [-0.05, 0) is 26.3 Å². The van der Waals surface area contributed by atoms with Crippen molar-refractivity contribution in [1.29, 1.82) is 0 Å². The number of primary amides is 1. The van der Waals surface area contributed by atoms with Crippen LogP contribution in [0.5, 0.6) is 0 Å². The number of ether oxygens (including phenoxy) is 4. The van der Waals surface area contributed by atoms with Crippen molar-refractivity contribution in [1.82, 2.24) is 0 Å². The number of rotatable bonds is 6. The third-order valence-electron chi connectivity index (χ3n) is 4.13. The van der Waals surface area contributed by atoms with Gasteiger partial charge in [-0.1, -0.05) is 30.3 Å². The second-order valence-electron chi connectivity index (χ2n) is 7.30. The molecule has 0 radical (unpaired) electrons. The summed E-state index contributed by atoms with van der Waals surface area (Å²) in [6, 6.07) is 9.80. The van der Waals surface area contributed by atoms with Gasteiger partial charge in [-0.25, -0.2) is 4.79 Å². The lowest BCUT2D eigenvalue weighted by Crippen LogP contribution is -2.49. The molecule has 24 heavy (non-hydrogen) atoms. The molecule has 2 heterocycles. The number of carbonyl (C=O) groups is 1. The van der Waals surface area contributed by atoms with E-state index in [0.717, 1.165) is 5.56 Å². The highest BCUT2D eigenvalue weighted by Gasteiger charge is 2.57. The maximum atomic E-state index is 11.4. The number of hydrogen-bond donors (Lipinski definition) is 1. The molecule has 0 aromatic heterocycles. The largest absolute Gasteiger partial charge is 0.443 e. The molecule has 132 valence electrons. The van der Waals surface area contributed by atoms with Crippen LogP contribution in [0.15, 0.2) is 30.3 Å². The molecule has 2 saturated heterocycles. The van der Waals surface area contributed by atoms with E-state index < -0.39 is 23.9 Å². The molecule has 2 fully saturated rings. The van der Waals surface area contributed by atoms with E-state index in [9.17, 15) is 4.79 Å². The van der Waals surface area contributed by atoms with Crippen molar-refractivity contribution in [2.45, 2.75) is 63.3 Å². The number of carbonyl (C=O) groups excluding carboxylic acids is 1. The van der Waals surface area contributed by atoms with E-state index in [4.69, 9.17) is 24.7 Å². The minimum absolute atomic E-state index is 0.00657. The average Bonchev–Trinajstić information content (AvgIpc) is 3.15. The monoisotopic (exact) mass is 335 g/mol. The molecule has 6 heteroatoms. The lowest BCUT2D eigenvalue weighted by molar-refractivity contribution is -0.169. The highest BCUT2D eigenvalue weighted by atomic mass is 16.7. The lowest BCUT2D eigenvalue weighted by Gasteiger charge is -2.36. The van der Waals surface area contributed by atoms with E-state index in [1.54, 1.807) is 0 Å². The van der Waals surface area contributed by atoms with Crippen molar-refractivity contribution in [2.24, 2.45) is 5.73 Å². The molecule has 1 unspecified atom stereocenters. The predicted molar refractivity (Wildman–Crippen MR) is 87.6 cm³/mol. The Kier molecular flexibility index (Phi) is 4.80. The molecule has 6 nitrogen and oxygen atoms in total. The summed E-state index contributed by atoms with van der Waals surface area (Å²) in [5.74, 6) is 0. The van der Waals surface area contributed by atoms with Crippen LogP contribution in [0.1, 0.15) is 26.3 Å². The minimum Gasteiger partial charge on any atom is -0.443 e. The van der Waals surface area contributed by atoms with E-state index in [1.807, 2.05) is 51.1 Å². The lowest BCUT2D eigenvalue weighted by atomic mass is 9.97. The summed E-state index contributed by atoms with van der Waals surface area (Å²) in [6.07, 6.45) is -1.43. The van der Waals surface area contributed by atoms with Crippen LogP contribution >= 0.6 is 0 Å². The summed E-state index contributed by atoms with van der Waals surface area (Å²) < 4.78 is 23.1. The standard InChI is InChI=1S/C18H25NO5/c1-18(2,3)24-15(16-14-13(22-14)10-21-16)12(23-17(19)20)9-11-7-5-4-6-8-11/h4-8,12-16H,9-10H2,1-3H3,(H2,19,20)/t12?,13-,14-,15-,16+/m0/s1. The van der Waals surface area contributed by atoms with E-state index in [-0.39, 0.29) is 18.3 Å². The summed E-state index contributed by atoms with van der Waals surface area (Å²) in [4.78, 5) is 11.4. The first-order valence-corrected chi connectivity index (χ1v) is 8.28. The van der Waals surface area contributed by atoms with Gasteiger partial charge in [-0.3, -0.25) is 0 Å². The van der Waals surface area contributed by atoms with Crippen LogP contribution in [0.4, 0.5) is 4.79 Å². The Morgan fingerprint density at radius 1 is 1.33 bits per heavy atom. The molecule has 3 rings (SSSR count). The first kappa shape index (κ1) is 17.2. The molecule has 1 amide bonds. The van der Waals surface area contributed by atoms with Gasteiger partial charge >= 0.3 is 6.09 Å². The number of amides is 1. The molecule has 0 bridgehead atoms. The molecule has 0 aliphatic carbocycles. The van der Waals surface area contributed by atoms with E-state index >= 15 is 0 Å². The fourth-order valence-electron chi connectivity index (χ4n) is 3.15. The van der Waals surface area contributed by atoms with Crippen LogP contribution in [0, 0.1) is 0 Å². The number of nitrogens with two attached hydrogens (primary N) is 1. The first-order valence-electron chi connectivity index (χ1n) is 8.28. The zero-order valence-electron chi connectivity index (χ0n) is 14.3. The summed E-state index contributed by atoms with van der Waals surface area (Å²) in [6.45, 7) is 6.44. The zero-order valence-corrected chi connectivity index (χ0v) is 14.3. The molecule has 1 aromatic rings. The van der Waals surface area contributed by atoms with Crippen LogP contribution in [0.25, 0.3) is 0 Å². The first-order chi connectivity index (χ1) is 11.3. The number of benzene rings is 1. The molecule has 5 atom stereocenters. The van der Waals surface area contributed by atoms with Gasteiger partial charge in [0, 0.05) is 6.42 Å². The van der Waals surface area contributed by atoms with Gasteiger partial charge in [0.2, 0.25) is 0 Å². The molecule has 2 aliphatic heterocycles. The fourth-order valence-corrected chi connectivity index (χ4v) is 3.15. The Bertz CT molecular complexity index is 571. The van der Waals surface area contributed by atoms with Gasteiger partial charge in [-0.2, -0.15) is 0 Å². The Morgan fingerprint density at radius 2 is 2.04 bits per heavy atom. The molecule has 1 aromatic carbocycles. The van der Waals surface area contributed by atoms with Crippen LogP contribution in [-0.2, 0) is 25.4 Å². The summed E-state index contributed by atoms with van der Waals surface area (Å²) in [7, 11) is 0. The fraction of sp³-hybridized carbons (Fsp3) is 0.611. The number of hydrogen-bond acceptors (Lipinski definition) is 5. The van der Waals surface area contributed by atoms with Gasteiger partial charge in [0.25, 0.3) is 0 Å². The normalized spacial score (nSPS) is 28.0. The summed E-state index contributed by atoms with van der Waals surface area (Å²) in [5, 5.41) is 0. The van der Waals surface area contributed by atoms with Crippen molar-refractivity contribution in [3.8, 4) is 0 Å². The highest BCUT2D eigenvalue weighted by molar-refractivity contribution is 5.65. The number of fused-ring (bicyclic) bond motifs is 1. The van der Waals surface area contributed by atoms with Gasteiger partial charge in [0.1, 0.15) is 30.5 Å². The van der Waals surface area contributed by atoms with Gasteiger partial charge in [0.15, 0.2) is 0 Å². The maximum Gasteiger partial charge on any atom is 0.404 e. The van der Waals surface area contributed by atoms with E-state index in [2.05, 4.69) is 0 Å². The topological polar surface area (TPSA) is 83.3 Å². The molecule has 0 saturated carbocycles. The van der Waals surface area contributed by atoms with Crippen molar-refractivity contribution >= 4 is 6.09 Å². The molecular formula is C18H25NO5. The van der Waals surface area contributed by atoms with E-state index in [0.29, 0.717) is 13.0 Å². The highest BCUT2D eigenvalue weighted by Crippen LogP contribution is 2.39. The van der Waals surface area contributed by atoms with Gasteiger partial charge < -0.3 is 24.7 Å². The third-order valence-corrected chi connectivity index (χ3v) is 4.13. The summed E-state index contributed by atoms with van der Waals surface area (Å²) in [5.41, 5.74) is 5.92. The third kappa shape index (κ3) is 4.26. The van der Waals surface area contributed by atoms with Crippen molar-refractivity contribution in [3.63, 3.8) is 0 Å². The Morgan fingerprint density at radius 3 is 2.54 bits per heavy atom. The SMILES string of the molecule is CC(C)(C)O[C@@H](C(Cc1ccccc1)OC(N)=O)[C@@H]1OC[C@@H]2O[C@H]12.